The van der Waals surface area contributed by atoms with Crippen LogP contribution in [0.5, 0.6) is 17.4 Å². The van der Waals surface area contributed by atoms with Crippen LogP contribution in [0.2, 0.25) is 0 Å². The van der Waals surface area contributed by atoms with Gasteiger partial charge < -0.3 is 14.4 Å². The van der Waals surface area contributed by atoms with Crippen molar-refractivity contribution < 1.29 is 22.7 Å². The predicted molar refractivity (Wildman–Crippen MR) is 136 cm³/mol. The number of hydrogen-bond acceptors (Lipinski definition) is 8. The minimum absolute atomic E-state index is 0.0735. The zero-order valence-corrected chi connectivity index (χ0v) is 21.6. The molecule has 2 aromatic heterocycles. The van der Waals surface area contributed by atoms with Crippen LogP contribution in [0.3, 0.4) is 0 Å². The number of pyridine rings is 2. The van der Waals surface area contributed by atoms with Crippen LogP contribution in [-0.2, 0) is 10.0 Å². The average Bonchev–Trinajstić information content (AvgIpc) is 3.12. The number of benzene rings is 1. The summed E-state index contributed by atoms with van der Waals surface area (Å²) in [7, 11) is -4.27. The number of nitrogens with one attached hydrogen (secondary N) is 1. The molecule has 9 nitrogen and oxygen atoms in total. The van der Waals surface area contributed by atoms with E-state index in [-0.39, 0.29) is 22.0 Å². The van der Waals surface area contributed by atoms with E-state index in [9.17, 15) is 13.2 Å². The van der Waals surface area contributed by atoms with Crippen molar-refractivity contribution in [3.63, 3.8) is 0 Å². The Balaban J connectivity index is 1.53. The van der Waals surface area contributed by atoms with Gasteiger partial charge >= 0.3 is 0 Å². The van der Waals surface area contributed by atoms with Gasteiger partial charge in [0, 0.05) is 24.3 Å². The Kier molecular flexibility index (Phi) is 7.16. The number of carbonyl (C=O) groups excluding carboxylic acids is 1. The molecule has 4 rings (SSSR count). The van der Waals surface area contributed by atoms with Crippen molar-refractivity contribution >= 4 is 21.7 Å². The Bertz CT molecular complexity index is 1340. The molecular weight excluding hydrogens is 480 g/mol. The maximum Gasteiger partial charge on any atom is 0.281 e. The van der Waals surface area contributed by atoms with Crippen LogP contribution in [0.1, 0.15) is 44.5 Å². The highest BCUT2D eigenvalue weighted by Crippen LogP contribution is 2.38. The highest BCUT2D eigenvalue weighted by molar-refractivity contribution is 7.90. The standard InChI is InChI=1S/C26H30N4O5S/c1-5-34-19-11-13-20(14-12-19)35-22-9-6-10-23(28-22)36(32,33)29-25(31)21-8-7-16-27-24(21)30-17-15-18(2)26(30,3)4/h6-14,16,18H,5,15,17H2,1-4H3,(H,29,31). The van der Waals surface area contributed by atoms with Gasteiger partial charge in [0.1, 0.15) is 17.3 Å². The summed E-state index contributed by atoms with van der Waals surface area (Å²) in [5, 5.41) is -0.333. The summed E-state index contributed by atoms with van der Waals surface area (Å²) in [6.45, 7) is 9.51. The molecule has 1 aliphatic heterocycles. The molecule has 1 fully saturated rings. The van der Waals surface area contributed by atoms with Crippen LogP contribution in [0.4, 0.5) is 5.82 Å². The van der Waals surface area contributed by atoms with Gasteiger partial charge in [-0.3, -0.25) is 4.79 Å². The van der Waals surface area contributed by atoms with Crippen molar-refractivity contribution in [3.05, 3.63) is 66.4 Å². The Morgan fingerprint density at radius 3 is 2.50 bits per heavy atom. The fourth-order valence-corrected chi connectivity index (χ4v) is 5.05. The lowest BCUT2D eigenvalue weighted by atomic mass is 9.90. The van der Waals surface area contributed by atoms with E-state index in [0.29, 0.717) is 29.8 Å². The largest absolute Gasteiger partial charge is 0.494 e. The van der Waals surface area contributed by atoms with Crippen molar-refractivity contribution in [2.75, 3.05) is 18.1 Å². The van der Waals surface area contributed by atoms with Gasteiger partial charge in [-0.05, 0) is 75.6 Å². The molecule has 0 saturated carbocycles. The second-order valence-corrected chi connectivity index (χ2v) is 10.8. The van der Waals surface area contributed by atoms with Crippen LogP contribution >= 0.6 is 0 Å². The first-order valence-corrected chi connectivity index (χ1v) is 13.3. The summed E-state index contributed by atoms with van der Waals surface area (Å²) in [5.74, 6) is 1.31. The molecule has 36 heavy (non-hydrogen) atoms. The molecule has 0 aliphatic carbocycles. The number of sulfonamides is 1. The van der Waals surface area contributed by atoms with Crippen LogP contribution < -0.4 is 19.1 Å². The quantitative estimate of drug-likeness (QED) is 0.474. The maximum absolute atomic E-state index is 13.1. The zero-order chi connectivity index (χ0) is 25.9. The fraction of sp³-hybridized carbons (Fsp3) is 0.346. The Morgan fingerprint density at radius 1 is 1.11 bits per heavy atom. The summed E-state index contributed by atoms with van der Waals surface area (Å²) in [6.07, 6.45) is 2.55. The molecule has 0 spiro atoms. The van der Waals surface area contributed by atoms with E-state index in [1.807, 2.05) is 6.92 Å². The number of hydrogen-bond donors (Lipinski definition) is 1. The van der Waals surface area contributed by atoms with Crippen LogP contribution in [0.25, 0.3) is 0 Å². The summed E-state index contributed by atoms with van der Waals surface area (Å²) in [5.41, 5.74) is -0.0406. The Hall–Kier alpha value is -3.66. The first-order chi connectivity index (χ1) is 17.1. The van der Waals surface area contributed by atoms with Gasteiger partial charge in [0.05, 0.1) is 12.2 Å². The third-order valence-corrected chi connectivity index (χ3v) is 7.76. The number of ether oxygens (including phenoxy) is 2. The van der Waals surface area contributed by atoms with Gasteiger partial charge in [-0.1, -0.05) is 13.0 Å². The molecule has 1 saturated heterocycles. The molecule has 0 bridgehead atoms. The fourth-order valence-electron chi connectivity index (χ4n) is 4.12. The van der Waals surface area contributed by atoms with Crippen molar-refractivity contribution in [2.45, 2.75) is 44.7 Å². The van der Waals surface area contributed by atoms with Crippen LogP contribution in [-0.4, -0.2) is 43.0 Å². The van der Waals surface area contributed by atoms with Gasteiger partial charge in [0.25, 0.3) is 15.9 Å². The molecule has 1 atom stereocenters. The minimum Gasteiger partial charge on any atom is -0.494 e. The summed E-state index contributed by atoms with van der Waals surface area (Å²) in [4.78, 5) is 23.7. The number of anilines is 1. The smallest absolute Gasteiger partial charge is 0.281 e. The lowest BCUT2D eigenvalue weighted by molar-refractivity contribution is 0.0981. The van der Waals surface area contributed by atoms with E-state index in [0.717, 1.165) is 13.0 Å². The normalized spacial score (nSPS) is 17.0. The van der Waals surface area contributed by atoms with E-state index in [2.05, 4.69) is 40.4 Å². The minimum atomic E-state index is -4.27. The molecule has 1 aromatic carbocycles. The summed E-state index contributed by atoms with van der Waals surface area (Å²) < 4.78 is 39.3. The lowest BCUT2D eigenvalue weighted by Crippen LogP contribution is -2.43. The molecule has 3 aromatic rings. The molecule has 190 valence electrons. The van der Waals surface area contributed by atoms with Crippen molar-refractivity contribution in [2.24, 2.45) is 5.92 Å². The number of aromatic nitrogens is 2. The molecule has 3 heterocycles. The summed E-state index contributed by atoms with van der Waals surface area (Å²) in [6, 6.07) is 14.4. The number of nitrogens with zero attached hydrogens (tertiary/aromatic N) is 3. The predicted octanol–water partition coefficient (Wildman–Crippen LogP) is 4.41. The molecular formula is C26H30N4O5S. The van der Waals surface area contributed by atoms with Gasteiger partial charge in [-0.2, -0.15) is 13.4 Å². The number of rotatable bonds is 8. The lowest BCUT2D eigenvalue weighted by Gasteiger charge is -2.36. The Morgan fingerprint density at radius 2 is 1.83 bits per heavy atom. The molecule has 0 radical (unpaired) electrons. The third-order valence-electron chi connectivity index (χ3n) is 6.53. The second kappa shape index (κ2) is 10.1. The molecule has 10 heteroatoms. The van der Waals surface area contributed by atoms with Gasteiger partial charge in [0.15, 0.2) is 5.03 Å². The van der Waals surface area contributed by atoms with Gasteiger partial charge in [-0.15, -0.1) is 0 Å². The Labute approximate surface area is 211 Å². The number of carbonyl (C=O) groups is 1. The van der Waals surface area contributed by atoms with E-state index < -0.39 is 15.9 Å². The number of amides is 1. The highest BCUT2D eigenvalue weighted by atomic mass is 32.2. The van der Waals surface area contributed by atoms with Crippen LogP contribution in [0, 0.1) is 5.92 Å². The van der Waals surface area contributed by atoms with E-state index >= 15 is 0 Å². The zero-order valence-electron chi connectivity index (χ0n) is 20.8. The second-order valence-electron chi connectivity index (χ2n) is 9.12. The third kappa shape index (κ3) is 5.28. The maximum atomic E-state index is 13.1. The SMILES string of the molecule is CCOc1ccc(Oc2cccc(S(=O)(=O)NC(=O)c3cccnc3N3CCC(C)C3(C)C)n2)cc1. The van der Waals surface area contributed by atoms with E-state index in [4.69, 9.17) is 9.47 Å². The first-order valence-electron chi connectivity index (χ1n) is 11.8. The molecule has 1 aliphatic rings. The van der Waals surface area contributed by atoms with E-state index in [1.165, 1.54) is 18.2 Å². The van der Waals surface area contributed by atoms with Gasteiger partial charge in [0.2, 0.25) is 5.88 Å². The topological polar surface area (TPSA) is 111 Å². The van der Waals surface area contributed by atoms with Crippen molar-refractivity contribution in [1.29, 1.82) is 0 Å². The molecule has 1 N–H and O–H groups in total. The van der Waals surface area contributed by atoms with Crippen molar-refractivity contribution in [1.82, 2.24) is 14.7 Å². The highest BCUT2D eigenvalue weighted by Gasteiger charge is 2.40. The van der Waals surface area contributed by atoms with Gasteiger partial charge in [-0.25, -0.2) is 9.71 Å². The van der Waals surface area contributed by atoms with Crippen LogP contribution in [0.15, 0.2) is 65.8 Å². The van der Waals surface area contributed by atoms with Crippen molar-refractivity contribution in [3.8, 4) is 17.4 Å². The van der Waals surface area contributed by atoms with E-state index in [1.54, 1.807) is 42.6 Å². The molecule has 1 amide bonds. The summed E-state index contributed by atoms with van der Waals surface area (Å²) >= 11 is 0. The monoisotopic (exact) mass is 510 g/mol. The first kappa shape index (κ1) is 25.4. The average molecular weight is 511 g/mol. The molecule has 1 unspecified atom stereocenters.